The van der Waals surface area contributed by atoms with Gasteiger partial charge in [-0.15, -0.1) is 0 Å². The van der Waals surface area contributed by atoms with E-state index in [4.69, 9.17) is 10.5 Å². The molecule has 0 spiro atoms. The number of carbonyl (C=O) groups is 1. The van der Waals surface area contributed by atoms with Gasteiger partial charge in [0.2, 0.25) is 5.91 Å². The van der Waals surface area contributed by atoms with Crippen LogP contribution in [0.3, 0.4) is 0 Å². The van der Waals surface area contributed by atoms with E-state index in [0.717, 1.165) is 5.69 Å². The van der Waals surface area contributed by atoms with Crippen LogP contribution in [0, 0.1) is 5.92 Å². The predicted molar refractivity (Wildman–Crippen MR) is 80.8 cm³/mol. The second-order valence-corrected chi connectivity index (χ2v) is 5.39. The number of benzene rings is 1. The van der Waals surface area contributed by atoms with Crippen LogP contribution in [-0.2, 0) is 4.79 Å². The van der Waals surface area contributed by atoms with Gasteiger partial charge in [-0.1, -0.05) is 31.4 Å². The molecule has 110 valence electrons. The molecule has 0 atom stereocenters. The number of carbonyl (C=O) groups excluding carboxylic acids is 1. The highest BCUT2D eigenvalue weighted by Gasteiger charge is 2.17. The van der Waals surface area contributed by atoms with E-state index >= 15 is 0 Å². The maximum atomic E-state index is 12.1. The van der Waals surface area contributed by atoms with E-state index in [1.807, 2.05) is 24.3 Å². The van der Waals surface area contributed by atoms with Gasteiger partial charge in [-0.2, -0.15) is 0 Å². The lowest BCUT2D eigenvalue weighted by Crippen LogP contribution is -2.19. The molecule has 1 saturated carbocycles. The van der Waals surface area contributed by atoms with Crippen LogP contribution in [0.2, 0.25) is 0 Å². The van der Waals surface area contributed by atoms with Crippen molar-refractivity contribution in [3.05, 3.63) is 24.3 Å². The summed E-state index contributed by atoms with van der Waals surface area (Å²) in [7, 11) is 0. The number of hydrogen-bond acceptors (Lipinski definition) is 3. The molecule has 1 fully saturated rings. The molecule has 1 aliphatic rings. The van der Waals surface area contributed by atoms with Crippen LogP contribution >= 0.6 is 0 Å². The largest absolute Gasteiger partial charge is 0.490 e. The Morgan fingerprint density at radius 1 is 1.25 bits per heavy atom. The maximum Gasteiger partial charge on any atom is 0.224 e. The van der Waals surface area contributed by atoms with E-state index in [9.17, 15) is 4.79 Å². The average Bonchev–Trinajstić information content (AvgIpc) is 2.47. The summed E-state index contributed by atoms with van der Waals surface area (Å²) in [6, 6.07) is 7.50. The molecule has 0 bridgehead atoms. The molecule has 0 unspecified atom stereocenters. The van der Waals surface area contributed by atoms with Crippen molar-refractivity contribution in [2.75, 3.05) is 18.5 Å². The monoisotopic (exact) mass is 276 g/mol. The maximum absolute atomic E-state index is 12.1. The van der Waals surface area contributed by atoms with Gasteiger partial charge >= 0.3 is 0 Å². The smallest absolute Gasteiger partial charge is 0.224 e. The topological polar surface area (TPSA) is 64.3 Å². The molecule has 0 heterocycles. The summed E-state index contributed by atoms with van der Waals surface area (Å²) in [5.74, 6) is 1.32. The quantitative estimate of drug-likeness (QED) is 0.839. The van der Waals surface area contributed by atoms with Crippen molar-refractivity contribution in [3.8, 4) is 5.75 Å². The molecule has 1 aromatic rings. The molecule has 20 heavy (non-hydrogen) atoms. The van der Waals surface area contributed by atoms with Gasteiger partial charge in [-0.3, -0.25) is 4.79 Å². The molecule has 0 aromatic heterocycles. The van der Waals surface area contributed by atoms with E-state index in [1.54, 1.807) is 0 Å². The summed E-state index contributed by atoms with van der Waals surface area (Å²) in [6.07, 6.45) is 6.80. The molecule has 0 aliphatic heterocycles. The Kier molecular flexibility index (Phi) is 5.87. The van der Waals surface area contributed by atoms with Gasteiger partial charge in [-0.05, 0) is 30.9 Å². The minimum atomic E-state index is 0.0840. The van der Waals surface area contributed by atoms with Gasteiger partial charge in [0.05, 0.1) is 5.69 Å². The van der Waals surface area contributed by atoms with Crippen LogP contribution in [0.1, 0.15) is 38.5 Å². The highest BCUT2D eigenvalue weighted by Crippen LogP contribution is 2.28. The van der Waals surface area contributed by atoms with Crippen molar-refractivity contribution in [2.24, 2.45) is 11.7 Å². The van der Waals surface area contributed by atoms with Gasteiger partial charge in [-0.25, -0.2) is 0 Å². The molecule has 1 aromatic carbocycles. The Labute approximate surface area is 120 Å². The Morgan fingerprint density at radius 2 is 2.00 bits per heavy atom. The van der Waals surface area contributed by atoms with Crippen molar-refractivity contribution in [3.63, 3.8) is 0 Å². The number of nitrogens with two attached hydrogens (primary N) is 1. The van der Waals surface area contributed by atoms with Crippen LogP contribution in [0.5, 0.6) is 5.75 Å². The molecule has 4 heteroatoms. The van der Waals surface area contributed by atoms with E-state index in [0.29, 0.717) is 31.2 Å². The zero-order valence-electron chi connectivity index (χ0n) is 11.9. The number of nitrogens with one attached hydrogen (secondary N) is 1. The van der Waals surface area contributed by atoms with Crippen molar-refractivity contribution in [1.82, 2.24) is 0 Å². The SMILES string of the molecule is NCCOc1ccccc1NC(=O)CC1CCCCC1. The van der Waals surface area contributed by atoms with Gasteiger partial charge in [0, 0.05) is 13.0 Å². The predicted octanol–water partition coefficient (Wildman–Crippen LogP) is 2.93. The number of ether oxygens (including phenoxy) is 1. The second-order valence-electron chi connectivity index (χ2n) is 5.39. The number of amides is 1. The van der Waals surface area contributed by atoms with E-state index < -0.39 is 0 Å². The normalized spacial score (nSPS) is 15.8. The Bertz CT molecular complexity index is 428. The van der Waals surface area contributed by atoms with Crippen molar-refractivity contribution >= 4 is 11.6 Å². The van der Waals surface area contributed by atoms with Gasteiger partial charge < -0.3 is 15.8 Å². The zero-order chi connectivity index (χ0) is 14.2. The fourth-order valence-corrected chi connectivity index (χ4v) is 2.72. The Hall–Kier alpha value is -1.55. The fourth-order valence-electron chi connectivity index (χ4n) is 2.72. The second kappa shape index (κ2) is 7.90. The van der Waals surface area contributed by atoms with Crippen molar-refractivity contribution in [1.29, 1.82) is 0 Å². The molecule has 4 nitrogen and oxygen atoms in total. The molecular weight excluding hydrogens is 252 g/mol. The third-order valence-electron chi connectivity index (χ3n) is 3.74. The number of para-hydroxylation sites is 2. The number of anilines is 1. The van der Waals surface area contributed by atoms with Gasteiger partial charge in [0.15, 0.2) is 0 Å². The lowest BCUT2D eigenvalue weighted by atomic mass is 9.87. The summed E-state index contributed by atoms with van der Waals surface area (Å²) >= 11 is 0. The first kappa shape index (κ1) is 14.9. The molecule has 3 N–H and O–H groups in total. The van der Waals surface area contributed by atoms with Gasteiger partial charge in [0.1, 0.15) is 12.4 Å². The molecule has 0 saturated heterocycles. The molecule has 0 radical (unpaired) electrons. The first-order valence-corrected chi connectivity index (χ1v) is 7.51. The minimum Gasteiger partial charge on any atom is -0.490 e. The van der Waals surface area contributed by atoms with E-state index in [1.165, 1.54) is 32.1 Å². The zero-order valence-corrected chi connectivity index (χ0v) is 11.9. The van der Waals surface area contributed by atoms with Crippen LogP contribution in [0.15, 0.2) is 24.3 Å². The van der Waals surface area contributed by atoms with E-state index in [2.05, 4.69) is 5.32 Å². The Morgan fingerprint density at radius 3 is 2.75 bits per heavy atom. The molecule has 1 aliphatic carbocycles. The standard InChI is InChI=1S/C16H24N2O2/c17-10-11-20-15-9-5-4-8-14(15)18-16(19)12-13-6-2-1-3-7-13/h4-5,8-9,13H,1-3,6-7,10-12,17H2,(H,18,19). The van der Waals surface area contributed by atoms with Crippen LogP contribution < -0.4 is 15.8 Å². The first-order valence-electron chi connectivity index (χ1n) is 7.51. The number of hydrogen-bond donors (Lipinski definition) is 2. The van der Waals surface area contributed by atoms with Crippen molar-refractivity contribution < 1.29 is 9.53 Å². The van der Waals surface area contributed by atoms with Gasteiger partial charge in [0.25, 0.3) is 0 Å². The molecule has 1 amide bonds. The highest BCUT2D eigenvalue weighted by molar-refractivity contribution is 5.92. The fraction of sp³-hybridized carbons (Fsp3) is 0.562. The minimum absolute atomic E-state index is 0.0840. The first-order chi connectivity index (χ1) is 9.79. The third kappa shape index (κ3) is 4.53. The summed E-state index contributed by atoms with van der Waals surface area (Å²) in [5.41, 5.74) is 6.18. The van der Waals surface area contributed by atoms with Crippen LogP contribution in [-0.4, -0.2) is 19.1 Å². The average molecular weight is 276 g/mol. The Balaban J connectivity index is 1.89. The third-order valence-corrected chi connectivity index (χ3v) is 3.74. The lowest BCUT2D eigenvalue weighted by Gasteiger charge is -2.21. The summed E-state index contributed by atoms with van der Waals surface area (Å²) in [5, 5.41) is 2.96. The summed E-state index contributed by atoms with van der Waals surface area (Å²) in [6.45, 7) is 0.917. The molecular formula is C16H24N2O2. The van der Waals surface area contributed by atoms with Crippen molar-refractivity contribution in [2.45, 2.75) is 38.5 Å². The van der Waals surface area contributed by atoms with Crippen LogP contribution in [0.4, 0.5) is 5.69 Å². The highest BCUT2D eigenvalue weighted by atomic mass is 16.5. The summed E-state index contributed by atoms with van der Waals surface area (Å²) in [4.78, 5) is 12.1. The molecule has 2 rings (SSSR count). The van der Waals surface area contributed by atoms with E-state index in [-0.39, 0.29) is 5.91 Å². The summed E-state index contributed by atoms with van der Waals surface area (Å²) < 4.78 is 5.54. The number of rotatable bonds is 6. The lowest BCUT2D eigenvalue weighted by molar-refractivity contribution is -0.117. The van der Waals surface area contributed by atoms with Crippen LogP contribution in [0.25, 0.3) is 0 Å².